The van der Waals surface area contributed by atoms with Crippen molar-refractivity contribution in [1.29, 1.82) is 0 Å². The standard InChI is InChI=1S/C11H14Cl2N2O.ClH/c1-11(2,14)6-15-10(16)7-4-3-5-8(12)9(7)13;/h3-5H,6,14H2,1-2H3,(H,15,16);1H. The molecule has 1 aromatic rings. The third kappa shape index (κ3) is 5.13. The van der Waals surface area contributed by atoms with E-state index in [4.69, 9.17) is 28.9 Å². The molecule has 0 saturated carbocycles. The Bertz CT molecular complexity index is 402. The van der Waals surface area contributed by atoms with E-state index in [2.05, 4.69) is 5.32 Å². The van der Waals surface area contributed by atoms with Crippen molar-refractivity contribution in [3.05, 3.63) is 33.8 Å². The summed E-state index contributed by atoms with van der Waals surface area (Å²) in [5.74, 6) is -0.272. The third-order valence-corrected chi connectivity index (χ3v) is 2.72. The first-order valence-electron chi connectivity index (χ1n) is 4.82. The first-order chi connectivity index (χ1) is 7.31. The van der Waals surface area contributed by atoms with Crippen LogP contribution in [0.1, 0.15) is 24.2 Å². The fraction of sp³-hybridized carbons (Fsp3) is 0.364. The van der Waals surface area contributed by atoms with Crippen molar-refractivity contribution in [3.8, 4) is 0 Å². The SMILES string of the molecule is CC(C)(N)CNC(=O)c1cccc(Cl)c1Cl.Cl. The largest absolute Gasteiger partial charge is 0.350 e. The molecule has 0 spiro atoms. The molecule has 3 nitrogen and oxygen atoms in total. The Kier molecular flexibility index (Phi) is 6.27. The fourth-order valence-corrected chi connectivity index (χ4v) is 1.47. The summed E-state index contributed by atoms with van der Waals surface area (Å²) >= 11 is 11.7. The predicted octanol–water partition coefficient (Wildman–Crippen LogP) is 2.88. The van der Waals surface area contributed by atoms with Crippen molar-refractivity contribution >= 4 is 41.5 Å². The molecular weight excluding hydrogens is 282 g/mol. The lowest BCUT2D eigenvalue weighted by Crippen LogP contribution is -2.45. The minimum atomic E-state index is -0.458. The number of nitrogens with one attached hydrogen (secondary N) is 1. The molecule has 1 rings (SSSR count). The van der Waals surface area contributed by atoms with E-state index in [1.807, 2.05) is 13.8 Å². The maximum absolute atomic E-state index is 11.8. The highest BCUT2D eigenvalue weighted by atomic mass is 35.5. The molecule has 0 unspecified atom stereocenters. The lowest BCUT2D eigenvalue weighted by molar-refractivity contribution is 0.0946. The number of benzene rings is 1. The normalized spacial score (nSPS) is 10.6. The van der Waals surface area contributed by atoms with E-state index in [1.165, 1.54) is 0 Å². The Hall–Kier alpha value is -0.480. The summed E-state index contributed by atoms with van der Waals surface area (Å²) in [4.78, 5) is 11.8. The van der Waals surface area contributed by atoms with Crippen LogP contribution >= 0.6 is 35.6 Å². The Labute approximate surface area is 117 Å². The lowest BCUT2D eigenvalue weighted by atomic mass is 10.1. The van der Waals surface area contributed by atoms with Crippen molar-refractivity contribution in [1.82, 2.24) is 5.32 Å². The van der Waals surface area contributed by atoms with Crippen LogP contribution in [0.2, 0.25) is 10.0 Å². The van der Waals surface area contributed by atoms with E-state index in [0.29, 0.717) is 17.1 Å². The lowest BCUT2D eigenvalue weighted by Gasteiger charge is -2.19. The molecule has 0 aromatic heterocycles. The molecule has 96 valence electrons. The topological polar surface area (TPSA) is 55.1 Å². The van der Waals surface area contributed by atoms with Gasteiger partial charge in [-0.2, -0.15) is 0 Å². The molecule has 0 bridgehead atoms. The van der Waals surface area contributed by atoms with Crippen LogP contribution < -0.4 is 11.1 Å². The highest BCUT2D eigenvalue weighted by Crippen LogP contribution is 2.25. The average molecular weight is 298 g/mol. The minimum absolute atomic E-state index is 0. The van der Waals surface area contributed by atoms with E-state index in [1.54, 1.807) is 18.2 Å². The zero-order chi connectivity index (χ0) is 12.3. The monoisotopic (exact) mass is 296 g/mol. The Morgan fingerprint density at radius 3 is 2.53 bits per heavy atom. The van der Waals surface area contributed by atoms with Crippen LogP contribution in [0, 0.1) is 0 Å². The summed E-state index contributed by atoms with van der Waals surface area (Å²) in [6.45, 7) is 4.02. The number of carbonyl (C=O) groups is 1. The average Bonchev–Trinajstić information content (AvgIpc) is 2.17. The predicted molar refractivity (Wildman–Crippen MR) is 74.3 cm³/mol. The van der Waals surface area contributed by atoms with Crippen LogP contribution in [0.5, 0.6) is 0 Å². The van der Waals surface area contributed by atoms with Gasteiger partial charge in [-0.05, 0) is 26.0 Å². The smallest absolute Gasteiger partial charge is 0.252 e. The highest BCUT2D eigenvalue weighted by Gasteiger charge is 2.16. The maximum Gasteiger partial charge on any atom is 0.252 e. The molecule has 0 fully saturated rings. The van der Waals surface area contributed by atoms with Gasteiger partial charge in [-0.25, -0.2) is 0 Å². The Balaban J connectivity index is 0.00000256. The molecule has 0 aliphatic heterocycles. The van der Waals surface area contributed by atoms with Crippen LogP contribution in [-0.2, 0) is 0 Å². The zero-order valence-corrected chi connectivity index (χ0v) is 11.9. The van der Waals surface area contributed by atoms with Gasteiger partial charge in [0.05, 0.1) is 15.6 Å². The minimum Gasteiger partial charge on any atom is -0.350 e. The van der Waals surface area contributed by atoms with Crippen LogP contribution in [-0.4, -0.2) is 18.0 Å². The number of hydrogen-bond acceptors (Lipinski definition) is 2. The van der Waals surface area contributed by atoms with Gasteiger partial charge in [-0.15, -0.1) is 12.4 Å². The Morgan fingerprint density at radius 1 is 1.41 bits per heavy atom. The second-order valence-electron chi connectivity index (χ2n) is 4.27. The second-order valence-corrected chi connectivity index (χ2v) is 5.06. The number of hydrogen-bond donors (Lipinski definition) is 2. The first kappa shape index (κ1) is 16.5. The number of amides is 1. The molecule has 0 radical (unpaired) electrons. The van der Waals surface area contributed by atoms with Crippen molar-refractivity contribution < 1.29 is 4.79 Å². The van der Waals surface area contributed by atoms with Crippen molar-refractivity contribution in [2.75, 3.05) is 6.54 Å². The zero-order valence-electron chi connectivity index (χ0n) is 9.59. The van der Waals surface area contributed by atoms with Crippen LogP contribution in [0.3, 0.4) is 0 Å². The van der Waals surface area contributed by atoms with Gasteiger partial charge < -0.3 is 11.1 Å². The van der Waals surface area contributed by atoms with Gasteiger partial charge in [0.25, 0.3) is 5.91 Å². The molecule has 1 aromatic carbocycles. The molecule has 0 heterocycles. The first-order valence-corrected chi connectivity index (χ1v) is 5.58. The third-order valence-electron chi connectivity index (χ3n) is 1.90. The van der Waals surface area contributed by atoms with Gasteiger partial charge in [0.1, 0.15) is 0 Å². The maximum atomic E-state index is 11.8. The Morgan fingerprint density at radius 2 is 2.00 bits per heavy atom. The van der Waals surface area contributed by atoms with Crippen LogP contribution in [0.15, 0.2) is 18.2 Å². The van der Waals surface area contributed by atoms with Crippen LogP contribution in [0.4, 0.5) is 0 Å². The molecule has 1 amide bonds. The van der Waals surface area contributed by atoms with Crippen molar-refractivity contribution in [2.24, 2.45) is 5.73 Å². The van der Waals surface area contributed by atoms with E-state index in [9.17, 15) is 4.79 Å². The summed E-state index contributed by atoms with van der Waals surface area (Å²) in [6, 6.07) is 4.93. The van der Waals surface area contributed by atoms with E-state index in [0.717, 1.165) is 0 Å². The molecule has 0 aliphatic rings. The molecule has 0 atom stereocenters. The molecule has 0 saturated heterocycles. The van der Waals surface area contributed by atoms with Gasteiger partial charge in [-0.1, -0.05) is 29.3 Å². The number of rotatable bonds is 3. The van der Waals surface area contributed by atoms with E-state index in [-0.39, 0.29) is 23.3 Å². The molecule has 3 N–H and O–H groups in total. The second kappa shape index (κ2) is 6.45. The van der Waals surface area contributed by atoms with Crippen molar-refractivity contribution in [3.63, 3.8) is 0 Å². The van der Waals surface area contributed by atoms with Gasteiger partial charge in [-0.3, -0.25) is 4.79 Å². The number of halogens is 3. The summed E-state index contributed by atoms with van der Waals surface area (Å²) in [5, 5.41) is 3.32. The number of carbonyl (C=O) groups excluding carboxylic acids is 1. The molecule has 17 heavy (non-hydrogen) atoms. The molecule has 0 aliphatic carbocycles. The summed E-state index contributed by atoms with van der Waals surface area (Å²) in [6.07, 6.45) is 0. The summed E-state index contributed by atoms with van der Waals surface area (Å²) < 4.78 is 0. The van der Waals surface area contributed by atoms with Gasteiger partial charge in [0.2, 0.25) is 0 Å². The quantitative estimate of drug-likeness (QED) is 0.901. The van der Waals surface area contributed by atoms with E-state index >= 15 is 0 Å². The van der Waals surface area contributed by atoms with Crippen LogP contribution in [0.25, 0.3) is 0 Å². The van der Waals surface area contributed by atoms with E-state index < -0.39 is 5.54 Å². The van der Waals surface area contributed by atoms with Gasteiger partial charge in [0.15, 0.2) is 0 Å². The highest BCUT2D eigenvalue weighted by molar-refractivity contribution is 6.43. The van der Waals surface area contributed by atoms with Gasteiger partial charge in [0, 0.05) is 12.1 Å². The number of nitrogens with two attached hydrogens (primary N) is 1. The molecular formula is C11H15Cl3N2O. The van der Waals surface area contributed by atoms with Gasteiger partial charge >= 0.3 is 0 Å². The summed E-state index contributed by atoms with van der Waals surface area (Å²) in [5.41, 5.74) is 5.66. The van der Waals surface area contributed by atoms with Crippen molar-refractivity contribution in [2.45, 2.75) is 19.4 Å². The summed E-state index contributed by atoms with van der Waals surface area (Å²) in [7, 11) is 0. The molecule has 6 heteroatoms. The fourth-order valence-electron chi connectivity index (χ4n) is 1.08.